The molecule has 1 atom stereocenters. The molecule has 3 aromatic heterocycles. The number of fused-ring (bicyclic) bond motifs is 1. The van der Waals surface area contributed by atoms with Crippen molar-refractivity contribution in [3.05, 3.63) is 70.9 Å². The van der Waals surface area contributed by atoms with Crippen molar-refractivity contribution in [2.24, 2.45) is 0 Å². The van der Waals surface area contributed by atoms with E-state index in [9.17, 15) is 4.79 Å². The van der Waals surface area contributed by atoms with Gasteiger partial charge in [0.05, 0.1) is 23.3 Å². The number of nitrogens with one attached hydrogen (secondary N) is 1. The quantitative estimate of drug-likeness (QED) is 0.527. The Bertz CT molecular complexity index is 1140. The third kappa shape index (κ3) is 3.64. The zero-order valence-electron chi connectivity index (χ0n) is 15.2. The van der Waals surface area contributed by atoms with Crippen molar-refractivity contribution in [3.63, 3.8) is 0 Å². The second kappa shape index (κ2) is 7.73. The van der Waals surface area contributed by atoms with Crippen molar-refractivity contribution in [3.8, 4) is 26.9 Å². The van der Waals surface area contributed by atoms with Crippen molar-refractivity contribution >= 4 is 28.6 Å². The summed E-state index contributed by atoms with van der Waals surface area (Å²) in [6.45, 7) is 0.416. The Morgan fingerprint density at radius 2 is 2.17 bits per heavy atom. The van der Waals surface area contributed by atoms with E-state index in [4.69, 9.17) is 4.74 Å². The second-order valence-electron chi connectivity index (χ2n) is 6.55. The Kier molecular flexibility index (Phi) is 4.79. The van der Waals surface area contributed by atoms with Crippen molar-refractivity contribution in [2.45, 2.75) is 12.5 Å². The summed E-state index contributed by atoms with van der Waals surface area (Å²) >= 11 is 3.09. The SMILES string of the molecule is O=C(NCC1Cc2cccc(-c3cnccn3)c2O1)c1csc(-c2cccs2)n1. The molecule has 1 N–H and O–H groups in total. The Hall–Kier alpha value is -3.10. The molecule has 8 heteroatoms. The fourth-order valence-electron chi connectivity index (χ4n) is 3.28. The lowest BCUT2D eigenvalue weighted by Gasteiger charge is -2.12. The number of thiophene rings is 1. The molecule has 0 bridgehead atoms. The van der Waals surface area contributed by atoms with E-state index in [1.54, 1.807) is 35.3 Å². The lowest BCUT2D eigenvalue weighted by molar-refractivity contribution is 0.0929. The van der Waals surface area contributed by atoms with Crippen LogP contribution in [0.3, 0.4) is 0 Å². The first-order valence-corrected chi connectivity index (χ1v) is 10.9. The van der Waals surface area contributed by atoms with Crippen molar-refractivity contribution in [1.82, 2.24) is 20.3 Å². The van der Waals surface area contributed by atoms with E-state index in [0.29, 0.717) is 12.2 Å². The summed E-state index contributed by atoms with van der Waals surface area (Å²) in [5, 5.41) is 7.61. The maximum Gasteiger partial charge on any atom is 0.270 e. The highest BCUT2D eigenvalue weighted by Crippen LogP contribution is 2.37. The van der Waals surface area contributed by atoms with Gasteiger partial charge in [-0.05, 0) is 23.1 Å². The molecule has 0 fully saturated rings. The predicted molar refractivity (Wildman–Crippen MR) is 113 cm³/mol. The van der Waals surface area contributed by atoms with E-state index >= 15 is 0 Å². The molecule has 6 nitrogen and oxygen atoms in total. The van der Waals surface area contributed by atoms with Crippen LogP contribution in [0.5, 0.6) is 5.75 Å². The molecule has 5 rings (SSSR count). The predicted octanol–water partition coefficient (Wildman–Crippen LogP) is 4.06. The fourth-order valence-corrected chi connectivity index (χ4v) is 4.89. The topological polar surface area (TPSA) is 77.0 Å². The zero-order chi connectivity index (χ0) is 19.6. The molecule has 144 valence electrons. The van der Waals surface area contributed by atoms with Crippen LogP contribution in [-0.4, -0.2) is 33.5 Å². The Balaban J connectivity index is 1.25. The number of ether oxygens (including phenoxy) is 1. The van der Waals surface area contributed by atoms with Crippen LogP contribution in [-0.2, 0) is 6.42 Å². The Morgan fingerprint density at radius 3 is 3.00 bits per heavy atom. The van der Waals surface area contributed by atoms with Gasteiger partial charge in [0.2, 0.25) is 0 Å². The van der Waals surface area contributed by atoms with E-state index in [1.807, 2.05) is 35.7 Å². The van der Waals surface area contributed by atoms with Crippen LogP contribution in [0, 0.1) is 0 Å². The molecule has 4 aromatic rings. The van der Waals surface area contributed by atoms with Gasteiger partial charge in [-0.1, -0.05) is 18.2 Å². The van der Waals surface area contributed by atoms with Gasteiger partial charge in [-0.3, -0.25) is 14.8 Å². The Labute approximate surface area is 175 Å². The highest BCUT2D eigenvalue weighted by atomic mass is 32.1. The number of aromatic nitrogens is 3. The van der Waals surface area contributed by atoms with E-state index < -0.39 is 0 Å². The lowest BCUT2D eigenvalue weighted by Crippen LogP contribution is -2.34. The summed E-state index contributed by atoms with van der Waals surface area (Å²) in [6, 6.07) is 10.00. The largest absolute Gasteiger partial charge is 0.487 e. The summed E-state index contributed by atoms with van der Waals surface area (Å²) in [5.41, 5.74) is 3.25. The molecule has 0 saturated carbocycles. The minimum Gasteiger partial charge on any atom is -0.487 e. The molecule has 1 aliphatic heterocycles. The van der Waals surface area contributed by atoms with Gasteiger partial charge < -0.3 is 10.1 Å². The summed E-state index contributed by atoms with van der Waals surface area (Å²) in [4.78, 5) is 26.5. The first-order valence-electron chi connectivity index (χ1n) is 9.10. The van der Waals surface area contributed by atoms with Crippen molar-refractivity contribution in [1.29, 1.82) is 0 Å². The highest BCUT2D eigenvalue weighted by molar-refractivity contribution is 7.20. The monoisotopic (exact) mass is 420 g/mol. The third-order valence-corrected chi connectivity index (χ3v) is 6.51. The van der Waals surface area contributed by atoms with Gasteiger partial charge >= 0.3 is 0 Å². The number of hydrogen-bond acceptors (Lipinski definition) is 7. The lowest BCUT2D eigenvalue weighted by atomic mass is 10.0. The molecule has 29 heavy (non-hydrogen) atoms. The van der Waals surface area contributed by atoms with Gasteiger partial charge in [0.25, 0.3) is 5.91 Å². The third-order valence-electron chi connectivity index (χ3n) is 4.63. The molecule has 1 aromatic carbocycles. The van der Waals surface area contributed by atoms with E-state index in [1.165, 1.54) is 11.3 Å². The zero-order valence-corrected chi connectivity index (χ0v) is 16.9. The number of benzene rings is 1. The van der Waals surface area contributed by atoms with Crippen LogP contribution in [0.25, 0.3) is 21.1 Å². The number of carbonyl (C=O) groups is 1. The molecule has 0 radical (unpaired) electrons. The van der Waals surface area contributed by atoms with Gasteiger partial charge in [0.1, 0.15) is 22.6 Å². The fraction of sp³-hybridized carbons (Fsp3) is 0.143. The maximum absolute atomic E-state index is 12.5. The van der Waals surface area contributed by atoms with Crippen LogP contribution in [0.15, 0.2) is 59.7 Å². The summed E-state index contributed by atoms with van der Waals surface area (Å²) in [7, 11) is 0. The van der Waals surface area contributed by atoms with Crippen molar-refractivity contribution in [2.75, 3.05) is 6.54 Å². The molecule has 0 saturated heterocycles. The first kappa shape index (κ1) is 18.0. The van der Waals surface area contributed by atoms with Gasteiger partial charge in [-0.25, -0.2) is 4.98 Å². The van der Waals surface area contributed by atoms with E-state index in [0.717, 1.165) is 38.9 Å². The van der Waals surface area contributed by atoms with E-state index in [-0.39, 0.29) is 12.0 Å². The molecule has 0 spiro atoms. The normalized spacial score (nSPS) is 15.0. The van der Waals surface area contributed by atoms with Crippen LogP contribution >= 0.6 is 22.7 Å². The number of carbonyl (C=O) groups excluding carboxylic acids is 1. The van der Waals surface area contributed by atoms with Gasteiger partial charge in [-0.15, -0.1) is 22.7 Å². The van der Waals surface area contributed by atoms with Crippen LogP contribution in [0.4, 0.5) is 0 Å². The Morgan fingerprint density at radius 1 is 1.21 bits per heavy atom. The molecule has 0 aliphatic carbocycles. The summed E-state index contributed by atoms with van der Waals surface area (Å²) < 4.78 is 6.14. The average Bonchev–Trinajstić information content (AvgIpc) is 3.52. The molecule has 1 amide bonds. The van der Waals surface area contributed by atoms with Crippen LogP contribution in [0.2, 0.25) is 0 Å². The number of para-hydroxylation sites is 1. The number of rotatable bonds is 5. The summed E-state index contributed by atoms with van der Waals surface area (Å²) in [5.74, 6) is 0.638. The molecular weight excluding hydrogens is 404 g/mol. The number of nitrogens with zero attached hydrogens (tertiary/aromatic N) is 3. The minimum atomic E-state index is -0.183. The molecule has 1 unspecified atom stereocenters. The van der Waals surface area contributed by atoms with Gasteiger partial charge in [-0.2, -0.15) is 0 Å². The molecular formula is C21H16N4O2S2. The van der Waals surface area contributed by atoms with Gasteiger partial charge in [0, 0.05) is 29.8 Å². The molecule has 4 heterocycles. The van der Waals surface area contributed by atoms with Gasteiger partial charge in [0.15, 0.2) is 0 Å². The number of thiazole rings is 1. The minimum absolute atomic E-state index is 0.123. The standard InChI is InChI=1S/C21H16N4O2S2/c26-20(17-12-29-21(25-17)18-5-2-8-28-18)24-10-14-9-13-3-1-4-15(19(13)27-14)16-11-22-6-7-23-16/h1-8,11-12,14H,9-10H2,(H,24,26). The average molecular weight is 421 g/mol. The van der Waals surface area contributed by atoms with E-state index in [2.05, 4.69) is 20.3 Å². The first-order chi connectivity index (χ1) is 14.3. The van der Waals surface area contributed by atoms with Crippen LogP contribution < -0.4 is 10.1 Å². The number of amides is 1. The maximum atomic E-state index is 12.5. The number of hydrogen-bond donors (Lipinski definition) is 1. The molecule has 1 aliphatic rings. The van der Waals surface area contributed by atoms with Crippen molar-refractivity contribution < 1.29 is 9.53 Å². The van der Waals surface area contributed by atoms with Crippen LogP contribution in [0.1, 0.15) is 16.1 Å². The second-order valence-corrected chi connectivity index (χ2v) is 8.36. The highest BCUT2D eigenvalue weighted by Gasteiger charge is 2.27. The summed E-state index contributed by atoms with van der Waals surface area (Å²) in [6.07, 6.45) is 5.65. The smallest absolute Gasteiger partial charge is 0.270 e.